The SMILES string of the molecule is Cc1ccc2c(c1)C1CN(C)CCC1N2C. The lowest BCUT2D eigenvalue weighted by molar-refractivity contribution is 0.234. The van der Waals surface area contributed by atoms with Gasteiger partial charge in [-0.2, -0.15) is 0 Å². The summed E-state index contributed by atoms with van der Waals surface area (Å²) in [6, 6.07) is 7.64. The number of rotatable bonds is 0. The molecule has 2 heteroatoms. The summed E-state index contributed by atoms with van der Waals surface area (Å²) in [5.74, 6) is 0.721. The molecule has 2 unspecified atom stereocenters. The van der Waals surface area contributed by atoms with E-state index >= 15 is 0 Å². The van der Waals surface area contributed by atoms with Gasteiger partial charge in [0.25, 0.3) is 0 Å². The van der Waals surface area contributed by atoms with Crippen molar-refractivity contribution in [2.45, 2.75) is 25.3 Å². The molecule has 1 saturated heterocycles. The van der Waals surface area contributed by atoms with Gasteiger partial charge in [0, 0.05) is 31.2 Å². The number of hydrogen-bond donors (Lipinski definition) is 0. The van der Waals surface area contributed by atoms with E-state index < -0.39 is 0 Å². The van der Waals surface area contributed by atoms with Crippen LogP contribution in [0.5, 0.6) is 0 Å². The Morgan fingerprint density at radius 1 is 1.25 bits per heavy atom. The van der Waals surface area contributed by atoms with Crippen LogP contribution in [0.1, 0.15) is 23.5 Å². The van der Waals surface area contributed by atoms with E-state index in [-0.39, 0.29) is 0 Å². The highest BCUT2D eigenvalue weighted by Gasteiger charge is 2.39. The Bertz CT molecular complexity index is 413. The van der Waals surface area contributed by atoms with Gasteiger partial charge in [0.15, 0.2) is 0 Å². The molecule has 16 heavy (non-hydrogen) atoms. The highest BCUT2D eigenvalue weighted by molar-refractivity contribution is 5.62. The molecule has 0 spiro atoms. The molecule has 2 atom stereocenters. The Kier molecular flexibility index (Phi) is 2.21. The minimum atomic E-state index is 0.721. The topological polar surface area (TPSA) is 6.48 Å². The molecule has 0 bridgehead atoms. The molecule has 2 heterocycles. The number of nitrogens with zero attached hydrogens (tertiary/aromatic N) is 2. The summed E-state index contributed by atoms with van der Waals surface area (Å²) < 4.78 is 0. The van der Waals surface area contributed by atoms with Crippen LogP contribution in [0.3, 0.4) is 0 Å². The molecule has 0 amide bonds. The van der Waals surface area contributed by atoms with E-state index in [0.29, 0.717) is 0 Å². The van der Waals surface area contributed by atoms with E-state index in [9.17, 15) is 0 Å². The van der Waals surface area contributed by atoms with Crippen LogP contribution in [0.15, 0.2) is 18.2 Å². The predicted octanol–water partition coefficient (Wildman–Crippen LogP) is 2.23. The summed E-state index contributed by atoms with van der Waals surface area (Å²) in [6.07, 6.45) is 1.30. The van der Waals surface area contributed by atoms with Gasteiger partial charge in [-0.05, 0) is 38.6 Å². The molecule has 1 aromatic carbocycles. The van der Waals surface area contributed by atoms with Gasteiger partial charge in [0.1, 0.15) is 0 Å². The number of anilines is 1. The number of piperidine rings is 1. The largest absolute Gasteiger partial charge is 0.371 e. The number of benzene rings is 1. The molecule has 2 aliphatic rings. The van der Waals surface area contributed by atoms with Crippen molar-refractivity contribution in [1.82, 2.24) is 4.90 Å². The van der Waals surface area contributed by atoms with Gasteiger partial charge in [-0.1, -0.05) is 17.7 Å². The first kappa shape index (κ1) is 10.2. The lowest BCUT2D eigenvalue weighted by Crippen LogP contribution is -2.43. The molecular weight excluding hydrogens is 196 g/mol. The molecule has 2 nitrogen and oxygen atoms in total. The van der Waals surface area contributed by atoms with Gasteiger partial charge < -0.3 is 9.80 Å². The predicted molar refractivity (Wildman–Crippen MR) is 68.2 cm³/mol. The summed E-state index contributed by atoms with van der Waals surface area (Å²) in [5, 5.41) is 0. The van der Waals surface area contributed by atoms with Crippen LogP contribution in [0.4, 0.5) is 5.69 Å². The quantitative estimate of drug-likeness (QED) is 0.656. The van der Waals surface area contributed by atoms with Crippen molar-refractivity contribution in [1.29, 1.82) is 0 Å². The average Bonchev–Trinajstić information content (AvgIpc) is 2.52. The Balaban J connectivity index is 2.04. The molecule has 1 aromatic rings. The van der Waals surface area contributed by atoms with Gasteiger partial charge >= 0.3 is 0 Å². The number of likely N-dealkylation sites (N-methyl/N-ethyl adjacent to an activating group) is 2. The molecular formula is C14H20N2. The summed E-state index contributed by atoms with van der Waals surface area (Å²) in [6.45, 7) is 4.64. The summed E-state index contributed by atoms with van der Waals surface area (Å²) in [5.41, 5.74) is 4.41. The number of fused-ring (bicyclic) bond motifs is 3. The summed E-state index contributed by atoms with van der Waals surface area (Å²) >= 11 is 0. The van der Waals surface area contributed by atoms with Crippen LogP contribution in [0, 0.1) is 6.92 Å². The van der Waals surface area contributed by atoms with Crippen LogP contribution in [0.2, 0.25) is 0 Å². The van der Waals surface area contributed by atoms with Crippen LogP contribution < -0.4 is 4.90 Å². The van der Waals surface area contributed by atoms with Gasteiger partial charge in [-0.15, -0.1) is 0 Å². The lowest BCUT2D eigenvalue weighted by atomic mass is 9.89. The molecule has 1 fully saturated rings. The molecule has 3 rings (SSSR count). The monoisotopic (exact) mass is 216 g/mol. The third-order valence-corrected chi connectivity index (χ3v) is 4.24. The minimum absolute atomic E-state index is 0.721. The van der Waals surface area contributed by atoms with Gasteiger partial charge in [-0.25, -0.2) is 0 Å². The molecule has 0 N–H and O–H groups in total. The second-order valence-electron chi connectivity index (χ2n) is 5.40. The third kappa shape index (κ3) is 1.36. The fourth-order valence-electron chi connectivity index (χ4n) is 3.34. The first-order valence-corrected chi connectivity index (χ1v) is 6.19. The molecule has 0 aromatic heterocycles. The Labute approximate surface area is 97.9 Å². The fraction of sp³-hybridized carbons (Fsp3) is 0.571. The standard InChI is InChI=1S/C14H20N2/c1-10-4-5-13-11(8-10)12-9-15(2)7-6-14(12)16(13)3/h4-5,8,12,14H,6-7,9H2,1-3H3. The van der Waals surface area contributed by atoms with Crippen LogP contribution in [0.25, 0.3) is 0 Å². The lowest BCUT2D eigenvalue weighted by Gasteiger charge is -2.35. The Morgan fingerprint density at radius 2 is 2.06 bits per heavy atom. The van der Waals surface area contributed by atoms with Crippen molar-refractivity contribution >= 4 is 5.69 Å². The van der Waals surface area contributed by atoms with Crippen LogP contribution in [-0.2, 0) is 0 Å². The number of likely N-dealkylation sites (tertiary alicyclic amines) is 1. The van der Waals surface area contributed by atoms with Crippen molar-refractivity contribution in [3.63, 3.8) is 0 Å². The molecule has 2 aliphatic heterocycles. The van der Waals surface area contributed by atoms with Gasteiger partial charge in [0.05, 0.1) is 0 Å². The van der Waals surface area contributed by atoms with Gasteiger partial charge in [0.2, 0.25) is 0 Å². The molecule has 0 aliphatic carbocycles. The number of hydrogen-bond acceptors (Lipinski definition) is 2. The van der Waals surface area contributed by atoms with Crippen molar-refractivity contribution in [2.75, 3.05) is 32.1 Å². The van der Waals surface area contributed by atoms with E-state index in [1.165, 1.54) is 30.8 Å². The first-order chi connectivity index (χ1) is 7.66. The van der Waals surface area contributed by atoms with Crippen molar-refractivity contribution in [3.8, 4) is 0 Å². The fourth-order valence-corrected chi connectivity index (χ4v) is 3.34. The van der Waals surface area contributed by atoms with Crippen molar-refractivity contribution in [3.05, 3.63) is 29.3 Å². The number of aryl methyl sites for hydroxylation is 1. The van der Waals surface area contributed by atoms with E-state index in [1.807, 2.05) is 0 Å². The second kappa shape index (κ2) is 3.49. The first-order valence-electron chi connectivity index (χ1n) is 6.19. The van der Waals surface area contributed by atoms with Gasteiger partial charge in [-0.3, -0.25) is 0 Å². The van der Waals surface area contributed by atoms with Crippen LogP contribution >= 0.6 is 0 Å². The van der Waals surface area contributed by atoms with E-state index in [0.717, 1.165) is 12.0 Å². The second-order valence-corrected chi connectivity index (χ2v) is 5.40. The van der Waals surface area contributed by atoms with E-state index in [4.69, 9.17) is 0 Å². The van der Waals surface area contributed by atoms with Crippen molar-refractivity contribution in [2.24, 2.45) is 0 Å². The zero-order chi connectivity index (χ0) is 11.3. The Morgan fingerprint density at radius 3 is 2.88 bits per heavy atom. The molecule has 86 valence electrons. The van der Waals surface area contributed by atoms with Crippen molar-refractivity contribution < 1.29 is 0 Å². The maximum Gasteiger partial charge on any atom is 0.0403 e. The van der Waals surface area contributed by atoms with E-state index in [1.54, 1.807) is 5.56 Å². The Hall–Kier alpha value is -1.02. The zero-order valence-corrected chi connectivity index (χ0v) is 10.4. The maximum absolute atomic E-state index is 2.49. The molecule has 0 radical (unpaired) electrons. The third-order valence-electron chi connectivity index (χ3n) is 4.24. The summed E-state index contributed by atoms with van der Waals surface area (Å²) in [4.78, 5) is 4.96. The highest BCUT2D eigenvalue weighted by Crippen LogP contribution is 2.43. The average molecular weight is 216 g/mol. The zero-order valence-electron chi connectivity index (χ0n) is 10.4. The normalized spacial score (nSPS) is 29.1. The minimum Gasteiger partial charge on any atom is -0.371 e. The molecule has 0 saturated carbocycles. The van der Waals surface area contributed by atoms with Crippen LogP contribution in [-0.4, -0.2) is 38.1 Å². The summed E-state index contributed by atoms with van der Waals surface area (Å²) in [7, 11) is 4.49. The smallest absolute Gasteiger partial charge is 0.0403 e. The van der Waals surface area contributed by atoms with E-state index in [2.05, 4.69) is 49.0 Å². The highest BCUT2D eigenvalue weighted by atomic mass is 15.2. The maximum atomic E-state index is 2.49.